The van der Waals surface area contributed by atoms with E-state index in [1.54, 1.807) is 12.1 Å². The van der Waals surface area contributed by atoms with Crippen molar-refractivity contribution in [3.63, 3.8) is 0 Å². The van der Waals surface area contributed by atoms with Gasteiger partial charge in [0.25, 0.3) is 0 Å². The van der Waals surface area contributed by atoms with Gasteiger partial charge in [-0.2, -0.15) is 5.10 Å². The maximum absolute atomic E-state index is 13.2. The fraction of sp³-hybridized carbons (Fsp3) is 0. The molecule has 0 saturated heterocycles. The van der Waals surface area contributed by atoms with Gasteiger partial charge in [-0.25, -0.2) is 18.7 Å². The van der Waals surface area contributed by atoms with Gasteiger partial charge in [-0.05, 0) is 18.2 Å². The van der Waals surface area contributed by atoms with Crippen LogP contribution in [-0.2, 0) is 0 Å². The highest BCUT2D eigenvalue weighted by molar-refractivity contribution is 6.29. The second kappa shape index (κ2) is 4.57. The molecule has 0 bridgehead atoms. The van der Waals surface area contributed by atoms with Gasteiger partial charge in [0.05, 0.1) is 11.9 Å². The van der Waals surface area contributed by atoms with Crippen molar-refractivity contribution < 1.29 is 14.3 Å². The summed E-state index contributed by atoms with van der Waals surface area (Å²) < 4.78 is 14.5. The van der Waals surface area contributed by atoms with Crippen molar-refractivity contribution >= 4 is 23.2 Å². The monoisotopic (exact) mass is 291 g/mol. The van der Waals surface area contributed by atoms with E-state index in [1.165, 1.54) is 28.9 Å². The first-order chi connectivity index (χ1) is 9.54. The summed E-state index contributed by atoms with van der Waals surface area (Å²) in [6.07, 6.45) is 1.50. The number of halogens is 2. The number of carboxylic acids is 1. The number of carboxylic acid groups (broad SMARTS) is 1. The van der Waals surface area contributed by atoms with Gasteiger partial charge in [-0.15, -0.1) is 0 Å². The minimum Gasteiger partial charge on any atom is -0.478 e. The van der Waals surface area contributed by atoms with Crippen LogP contribution in [0, 0.1) is 5.82 Å². The molecule has 1 aromatic carbocycles. The standard InChI is InChI=1S/C13H7ClFN3O2/c14-11-5-9(13(19)20)12-16-10(6-18(12)17-11)7-2-1-3-8(15)4-7/h1-6H,(H,19,20). The number of hydrogen-bond donors (Lipinski definition) is 1. The lowest BCUT2D eigenvalue weighted by Gasteiger charge is -1.97. The maximum atomic E-state index is 13.2. The second-order valence-electron chi connectivity index (χ2n) is 4.09. The van der Waals surface area contributed by atoms with Crippen molar-refractivity contribution in [2.75, 3.05) is 0 Å². The Hall–Kier alpha value is -2.47. The summed E-state index contributed by atoms with van der Waals surface area (Å²) in [4.78, 5) is 15.3. The Morgan fingerprint density at radius 1 is 1.35 bits per heavy atom. The van der Waals surface area contributed by atoms with Crippen LogP contribution in [0.15, 0.2) is 36.5 Å². The molecule has 0 saturated carbocycles. The van der Waals surface area contributed by atoms with Crippen molar-refractivity contribution in [3.8, 4) is 11.3 Å². The molecule has 7 heteroatoms. The lowest BCUT2D eigenvalue weighted by molar-refractivity contribution is 0.0698. The molecule has 0 spiro atoms. The van der Waals surface area contributed by atoms with Crippen LogP contribution in [0.4, 0.5) is 4.39 Å². The Morgan fingerprint density at radius 3 is 2.85 bits per heavy atom. The molecule has 5 nitrogen and oxygen atoms in total. The minimum atomic E-state index is -1.16. The Balaban J connectivity index is 2.25. The van der Waals surface area contributed by atoms with Crippen LogP contribution in [0.1, 0.15) is 10.4 Å². The number of aromatic carboxylic acids is 1. The zero-order valence-electron chi connectivity index (χ0n) is 9.92. The smallest absolute Gasteiger partial charge is 0.339 e. The number of nitrogens with zero attached hydrogens (tertiary/aromatic N) is 3. The van der Waals surface area contributed by atoms with Crippen molar-refractivity contribution in [2.24, 2.45) is 0 Å². The molecule has 100 valence electrons. The normalized spacial score (nSPS) is 10.9. The molecule has 0 amide bonds. The van der Waals surface area contributed by atoms with Gasteiger partial charge in [0.1, 0.15) is 11.4 Å². The van der Waals surface area contributed by atoms with Crippen molar-refractivity contribution in [3.05, 3.63) is 53.1 Å². The minimum absolute atomic E-state index is 0.0399. The quantitative estimate of drug-likeness (QED) is 0.788. The molecule has 0 aliphatic carbocycles. The van der Waals surface area contributed by atoms with Crippen LogP contribution in [0.5, 0.6) is 0 Å². The zero-order valence-corrected chi connectivity index (χ0v) is 10.7. The van der Waals surface area contributed by atoms with Crippen molar-refractivity contribution in [1.82, 2.24) is 14.6 Å². The lowest BCUT2D eigenvalue weighted by atomic mass is 10.2. The number of benzene rings is 1. The van der Waals surface area contributed by atoms with Crippen LogP contribution in [0.25, 0.3) is 16.9 Å². The fourth-order valence-electron chi connectivity index (χ4n) is 1.89. The highest BCUT2D eigenvalue weighted by Crippen LogP contribution is 2.22. The van der Waals surface area contributed by atoms with Gasteiger partial charge >= 0.3 is 5.97 Å². The predicted molar refractivity (Wildman–Crippen MR) is 70.4 cm³/mol. The van der Waals surface area contributed by atoms with E-state index < -0.39 is 11.8 Å². The van der Waals surface area contributed by atoms with Gasteiger partial charge < -0.3 is 5.11 Å². The van der Waals surface area contributed by atoms with E-state index in [9.17, 15) is 9.18 Å². The van der Waals surface area contributed by atoms with Gasteiger partial charge in [0, 0.05) is 5.56 Å². The number of carbonyl (C=O) groups is 1. The molecule has 0 fully saturated rings. The van der Waals surface area contributed by atoms with Crippen molar-refractivity contribution in [2.45, 2.75) is 0 Å². The van der Waals surface area contributed by atoms with E-state index in [0.29, 0.717) is 11.3 Å². The Kier molecular flexibility index (Phi) is 2.87. The molecule has 0 aliphatic heterocycles. The Bertz CT molecular complexity index is 832. The summed E-state index contributed by atoms with van der Waals surface area (Å²) in [5.41, 5.74) is 1.04. The fourth-order valence-corrected chi connectivity index (χ4v) is 2.08. The molecule has 2 heterocycles. The third-order valence-electron chi connectivity index (χ3n) is 2.75. The van der Waals surface area contributed by atoms with Gasteiger partial charge in [0.2, 0.25) is 0 Å². The summed E-state index contributed by atoms with van der Waals surface area (Å²) in [5.74, 6) is -1.56. The summed E-state index contributed by atoms with van der Waals surface area (Å²) in [5, 5.41) is 13.1. The van der Waals surface area contributed by atoms with Crippen LogP contribution >= 0.6 is 11.6 Å². The van der Waals surface area contributed by atoms with Crippen molar-refractivity contribution in [1.29, 1.82) is 0 Å². The molecule has 3 aromatic rings. The first-order valence-corrected chi connectivity index (χ1v) is 5.97. The number of aromatic nitrogens is 3. The average molecular weight is 292 g/mol. The van der Waals surface area contributed by atoms with E-state index in [1.807, 2.05) is 0 Å². The maximum Gasteiger partial charge on any atom is 0.339 e. The second-order valence-corrected chi connectivity index (χ2v) is 4.48. The zero-order chi connectivity index (χ0) is 14.3. The first-order valence-electron chi connectivity index (χ1n) is 5.60. The molecule has 3 rings (SSSR count). The largest absolute Gasteiger partial charge is 0.478 e. The third-order valence-corrected chi connectivity index (χ3v) is 2.93. The van der Waals surface area contributed by atoms with Gasteiger partial charge in [-0.3, -0.25) is 0 Å². The summed E-state index contributed by atoms with van der Waals surface area (Å²) in [6.45, 7) is 0. The van der Waals surface area contributed by atoms with Crippen LogP contribution in [-0.4, -0.2) is 25.7 Å². The first kappa shape index (κ1) is 12.6. The Labute approximate surface area is 117 Å². The summed E-state index contributed by atoms with van der Waals surface area (Å²) >= 11 is 5.77. The highest BCUT2D eigenvalue weighted by atomic mass is 35.5. The van der Waals surface area contributed by atoms with Crippen LogP contribution in [0.2, 0.25) is 5.15 Å². The van der Waals surface area contributed by atoms with Crippen LogP contribution < -0.4 is 0 Å². The molecule has 0 atom stereocenters. The molecule has 0 aliphatic rings. The summed E-state index contributed by atoms with van der Waals surface area (Å²) in [7, 11) is 0. The lowest BCUT2D eigenvalue weighted by Crippen LogP contribution is -2.03. The van der Waals surface area contributed by atoms with E-state index in [-0.39, 0.29) is 16.4 Å². The average Bonchev–Trinajstić information content (AvgIpc) is 2.81. The van der Waals surface area contributed by atoms with E-state index in [0.717, 1.165) is 0 Å². The molecule has 2 aromatic heterocycles. The molecule has 0 radical (unpaired) electrons. The van der Waals surface area contributed by atoms with E-state index in [4.69, 9.17) is 16.7 Å². The van der Waals surface area contributed by atoms with Gasteiger partial charge in [-0.1, -0.05) is 23.7 Å². The number of imidazole rings is 1. The predicted octanol–water partition coefficient (Wildman–Crippen LogP) is 2.89. The number of rotatable bonds is 2. The molecule has 20 heavy (non-hydrogen) atoms. The summed E-state index contributed by atoms with van der Waals surface area (Å²) in [6, 6.07) is 7.07. The molecule has 1 N–H and O–H groups in total. The van der Waals surface area contributed by atoms with E-state index >= 15 is 0 Å². The van der Waals surface area contributed by atoms with E-state index in [2.05, 4.69) is 10.1 Å². The Morgan fingerprint density at radius 2 is 2.15 bits per heavy atom. The SMILES string of the molecule is O=C(O)c1cc(Cl)nn2cc(-c3cccc(F)c3)nc12. The molecular weight excluding hydrogens is 285 g/mol. The van der Waals surface area contributed by atoms with Crippen LogP contribution in [0.3, 0.4) is 0 Å². The van der Waals surface area contributed by atoms with Gasteiger partial charge in [0.15, 0.2) is 10.8 Å². The molecule has 0 unspecified atom stereocenters. The highest BCUT2D eigenvalue weighted by Gasteiger charge is 2.15. The third kappa shape index (κ3) is 2.10. The number of fused-ring (bicyclic) bond motifs is 1. The topological polar surface area (TPSA) is 67.5 Å². The number of hydrogen-bond acceptors (Lipinski definition) is 3. The molecular formula is C13H7ClFN3O2.